The molecule has 0 aromatic carbocycles. The maximum Gasteiger partial charge on any atom is 0.212 e. The second-order valence-corrected chi connectivity index (χ2v) is 5.77. The predicted octanol–water partition coefficient (Wildman–Crippen LogP) is 1.69. The number of aromatic nitrogens is 2. The molecule has 1 heterocycles. The van der Waals surface area contributed by atoms with Gasteiger partial charge in [0.25, 0.3) is 0 Å². The fraction of sp³-hybridized carbons (Fsp3) is 0.500. The van der Waals surface area contributed by atoms with Crippen LogP contribution in [0.15, 0.2) is 4.34 Å². The van der Waals surface area contributed by atoms with Crippen LogP contribution in [0.2, 0.25) is 0 Å². The molecule has 0 saturated heterocycles. The molecule has 0 radical (unpaired) electrons. The SMILES string of the molecule is CC(C)Sc1nnc(NC(N)=S)s1. The van der Waals surface area contributed by atoms with Crippen molar-refractivity contribution in [3.05, 3.63) is 0 Å². The van der Waals surface area contributed by atoms with E-state index in [1.165, 1.54) is 11.3 Å². The quantitative estimate of drug-likeness (QED) is 0.613. The molecule has 13 heavy (non-hydrogen) atoms. The first-order chi connectivity index (χ1) is 6.08. The normalized spacial score (nSPS) is 10.4. The first kappa shape index (κ1) is 10.7. The molecule has 0 bridgehead atoms. The van der Waals surface area contributed by atoms with Crippen LogP contribution in [0.4, 0.5) is 5.13 Å². The fourth-order valence-electron chi connectivity index (χ4n) is 0.615. The highest BCUT2D eigenvalue weighted by molar-refractivity contribution is 8.01. The molecule has 0 amide bonds. The number of thioether (sulfide) groups is 1. The standard InChI is InChI=1S/C6H10N4S3/c1-3(2)12-6-10-9-5(13-6)8-4(7)11/h3H,1-2H3,(H3,7,8,9,11). The van der Waals surface area contributed by atoms with Crippen molar-refractivity contribution in [1.82, 2.24) is 10.2 Å². The number of hydrogen-bond donors (Lipinski definition) is 2. The third-order valence-corrected chi connectivity index (χ3v) is 3.00. The number of nitrogens with zero attached hydrogens (tertiary/aromatic N) is 2. The highest BCUT2D eigenvalue weighted by atomic mass is 32.2. The van der Waals surface area contributed by atoms with E-state index in [1.807, 2.05) is 0 Å². The van der Waals surface area contributed by atoms with Crippen molar-refractivity contribution < 1.29 is 0 Å². The van der Waals surface area contributed by atoms with Crippen LogP contribution in [0.1, 0.15) is 13.8 Å². The Labute approximate surface area is 90.3 Å². The molecule has 1 rings (SSSR count). The topological polar surface area (TPSA) is 63.8 Å². The van der Waals surface area contributed by atoms with Gasteiger partial charge in [-0.25, -0.2) is 0 Å². The van der Waals surface area contributed by atoms with Gasteiger partial charge in [-0.3, -0.25) is 0 Å². The Morgan fingerprint density at radius 2 is 2.31 bits per heavy atom. The first-order valence-corrected chi connectivity index (χ1v) is 5.75. The Morgan fingerprint density at radius 1 is 1.62 bits per heavy atom. The van der Waals surface area contributed by atoms with E-state index in [2.05, 4.69) is 41.6 Å². The second-order valence-electron chi connectivity index (χ2n) is 2.53. The van der Waals surface area contributed by atoms with Crippen LogP contribution in [0.25, 0.3) is 0 Å². The smallest absolute Gasteiger partial charge is 0.212 e. The van der Waals surface area contributed by atoms with Gasteiger partial charge in [0.15, 0.2) is 9.45 Å². The molecule has 0 spiro atoms. The van der Waals surface area contributed by atoms with Crippen molar-refractivity contribution >= 4 is 45.6 Å². The zero-order valence-corrected chi connectivity index (χ0v) is 9.72. The second kappa shape index (κ2) is 4.73. The van der Waals surface area contributed by atoms with E-state index in [1.54, 1.807) is 11.8 Å². The monoisotopic (exact) mass is 234 g/mol. The molecular formula is C6H10N4S3. The minimum absolute atomic E-state index is 0.220. The third kappa shape index (κ3) is 3.88. The highest BCUT2D eigenvalue weighted by Gasteiger charge is 2.06. The van der Waals surface area contributed by atoms with Crippen molar-refractivity contribution in [3.63, 3.8) is 0 Å². The zero-order chi connectivity index (χ0) is 9.84. The molecule has 0 unspecified atom stereocenters. The van der Waals surface area contributed by atoms with E-state index in [0.717, 1.165) is 4.34 Å². The third-order valence-electron chi connectivity index (χ3n) is 0.973. The van der Waals surface area contributed by atoms with Gasteiger partial charge in [-0.05, 0) is 12.2 Å². The summed E-state index contributed by atoms with van der Waals surface area (Å²) in [5.74, 6) is 0. The van der Waals surface area contributed by atoms with E-state index < -0.39 is 0 Å². The van der Waals surface area contributed by atoms with Crippen molar-refractivity contribution in [1.29, 1.82) is 0 Å². The largest absolute Gasteiger partial charge is 0.376 e. The minimum atomic E-state index is 0.220. The van der Waals surface area contributed by atoms with Crippen molar-refractivity contribution in [2.24, 2.45) is 5.73 Å². The van der Waals surface area contributed by atoms with Crippen molar-refractivity contribution in [3.8, 4) is 0 Å². The lowest BCUT2D eigenvalue weighted by molar-refractivity contribution is 1.00. The zero-order valence-electron chi connectivity index (χ0n) is 7.27. The van der Waals surface area contributed by atoms with Gasteiger partial charge in [-0.2, -0.15) is 0 Å². The minimum Gasteiger partial charge on any atom is -0.376 e. The lowest BCUT2D eigenvalue weighted by Crippen LogP contribution is -2.18. The van der Waals surface area contributed by atoms with Gasteiger partial charge in [0, 0.05) is 5.25 Å². The van der Waals surface area contributed by atoms with Crippen LogP contribution in [0.3, 0.4) is 0 Å². The predicted molar refractivity (Wildman–Crippen MR) is 61.3 cm³/mol. The van der Waals surface area contributed by atoms with Gasteiger partial charge >= 0.3 is 0 Å². The molecule has 7 heteroatoms. The molecule has 0 aliphatic carbocycles. The highest BCUT2D eigenvalue weighted by Crippen LogP contribution is 2.28. The summed E-state index contributed by atoms with van der Waals surface area (Å²) in [5.41, 5.74) is 5.29. The molecular weight excluding hydrogens is 224 g/mol. The van der Waals surface area contributed by atoms with Crippen LogP contribution in [-0.2, 0) is 0 Å². The van der Waals surface area contributed by atoms with E-state index in [9.17, 15) is 0 Å². The van der Waals surface area contributed by atoms with Gasteiger partial charge in [0.05, 0.1) is 0 Å². The molecule has 0 atom stereocenters. The number of rotatable bonds is 3. The lowest BCUT2D eigenvalue weighted by Gasteiger charge is -1.97. The Balaban J connectivity index is 2.58. The van der Waals surface area contributed by atoms with E-state index >= 15 is 0 Å². The Bertz CT molecular complexity index is 296. The van der Waals surface area contributed by atoms with Gasteiger partial charge in [-0.15, -0.1) is 10.2 Å². The summed E-state index contributed by atoms with van der Waals surface area (Å²) in [4.78, 5) is 0. The van der Waals surface area contributed by atoms with Gasteiger partial charge in [0.2, 0.25) is 5.13 Å². The molecule has 1 aromatic heterocycles. The first-order valence-electron chi connectivity index (χ1n) is 3.64. The molecule has 3 N–H and O–H groups in total. The molecule has 0 aliphatic rings. The molecule has 1 aromatic rings. The summed E-state index contributed by atoms with van der Waals surface area (Å²) in [5, 5.41) is 12.0. The number of hydrogen-bond acceptors (Lipinski definition) is 5. The lowest BCUT2D eigenvalue weighted by atomic mass is 10.6. The molecule has 4 nitrogen and oxygen atoms in total. The summed E-state index contributed by atoms with van der Waals surface area (Å²) in [6, 6.07) is 0. The van der Waals surface area contributed by atoms with E-state index in [-0.39, 0.29) is 5.11 Å². The molecule has 0 aliphatic heterocycles. The Morgan fingerprint density at radius 3 is 2.85 bits per heavy atom. The summed E-state index contributed by atoms with van der Waals surface area (Å²) in [6.45, 7) is 4.21. The van der Waals surface area contributed by atoms with Crippen LogP contribution >= 0.6 is 35.3 Å². The van der Waals surface area contributed by atoms with Gasteiger partial charge in [0.1, 0.15) is 0 Å². The van der Waals surface area contributed by atoms with E-state index in [0.29, 0.717) is 10.4 Å². The Kier molecular flexibility index (Phi) is 3.89. The maximum absolute atomic E-state index is 5.29. The maximum atomic E-state index is 5.29. The van der Waals surface area contributed by atoms with Gasteiger partial charge in [-0.1, -0.05) is 36.9 Å². The number of nitrogens with two attached hydrogens (primary N) is 1. The average molecular weight is 234 g/mol. The van der Waals surface area contributed by atoms with Crippen LogP contribution < -0.4 is 11.1 Å². The molecule has 0 fully saturated rings. The summed E-state index contributed by atoms with van der Waals surface area (Å²) in [7, 11) is 0. The van der Waals surface area contributed by atoms with Crippen molar-refractivity contribution in [2.45, 2.75) is 23.4 Å². The average Bonchev–Trinajstić information content (AvgIpc) is 2.33. The van der Waals surface area contributed by atoms with Crippen LogP contribution in [0, 0.1) is 0 Å². The van der Waals surface area contributed by atoms with Gasteiger partial charge < -0.3 is 11.1 Å². The van der Waals surface area contributed by atoms with Crippen LogP contribution in [-0.4, -0.2) is 20.6 Å². The number of nitrogens with one attached hydrogen (secondary N) is 1. The summed E-state index contributed by atoms with van der Waals surface area (Å²) >= 11 is 7.79. The fourth-order valence-corrected chi connectivity index (χ4v) is 2.76. The van der Waals surface area contributed by atoms with E-state index in [4.69, 9.17) is 5.73 Å². The molecule has 72 valence electrons. The van der Waals surface area contributed by atoms with Crippen molar-refractivity contribution in [2.75, 3.05) is 5.32 Å². The summed E-state index contributed by atoms with van der Waals surface area (Å²) in [6.07, 6.45) is 0. The van der Waals surface area contributed by atoms with Crippen LogP contribution in [0.5, 0.6) is 0 Å². The Hall–Kier alpha value is -0.400. The molecule has 0 saturated carbocycles. The number of thiocarbonyl (C=S) groups is 1. The summed E-state index contributed by atoms with van der Waals surface area (Å²) < 4.78 is 0.925. The number of anilines is 1.